The average molecular weight is 515 g/mol. The predicted molar refractivity (Wildman–Crippen MR) is 153 cm³/mol. The van der Waals surface area contributed by atoms with Gasteiger partial charge in [0, 0.05) is 23.2 Å². The van der Waals surface area contributed by atoms with Crippen LogP contribution in [0.25, 0.3) is 11.1 Å². The van der Waals surface area contributed by atoms with Crippen LogP contribution in [0.4, 0.5) is 0 Å². The van der Waals surface area contributed by atoms with Gasteiger partial charge in [-0.15, -0.1) is 5.11 Å². The summed E-state index contributed by atoms with van der Waals surface area (Å²) < 4.78 is 4.57. The van der Waals surface area contributed by atoms with Crippen LogP contribution in [0.1, 0.15) is 102 Å². The van der Waals surface area contributed by atoms with Crippen molar-refractivity contribution in [3.8, 4) is 11.1 Å². The summed E-state index contributed by atoms with van der Waals surface area (Å²) in [5.74, 6) is 0. The van der Waals surface area contributed by atoms with Gasteiger partial charge in [-0.2, -0.15) is 5.43 Å². The van der Waals surface area contributed by atoms with Crippen molar-refractivity contribution < 1.29 is 0 Å². The van der Waals surface area contributed by atoms with E-state index in [0.29, 0.717) is 12.5 Å². The first-order valence-corrected chi connectivity index (χ1v) is 14.4. The molecule has 2 N–H and O–H groups in total. The Balaban J connectivity index is 0.00000144. The molecule has 3 aliphatic heterocycles. The molecule has 7 heteroatoms. The number of unbranched alkanes of at least 4 members (excludes halogenated alkanes) is 1. The normalized spacial score (nSPS) is 25.0. The molecular weight excluding hydrogens is 472 g/mol. The van der Waals surface area contributed by atoms with Crippen LogP contribution < -0.4 is 16.5 Å². The van der Waals surface area contributed by atoms with E-state index >= 15 is 0 Å². The number of hydrogen-bond acceptors (Lipinski definition) is 5. The fourth-order valence-corrected chi connectivity index (χ4v) is 6.54. The average Bonchev–Trinajstić information content (AvgIpc) is 3.52. The number of nitrogens with zero attached hydrogens (tertiary/aromatic N) is 4. The Kier molecular flexibility index (Phi) is 7.32. The third-order valence-corrected chi connectivity index (χ3v) is 8.64. The second kappa shape index (κ2) is 10.5. The largest absolute Gasteiger partial charge is 0.283 e. The van der Waals surface area contributed by atoms with E-state index in [1.165, 1.54) is 24.1 Å². The number of benzene rings is 2. The summed E-state index contributed by atoms with van der Waals surface area (Å²) in [5, 5.41) is 8.28. The molecule has 4 aliphatic rings. The second-order valence-corrected chi connectivity index (χ2v) is 11.1. The minimum Gasteiger partial charge on any atom is -0.283 e. The van der Waals surface area contributed by atoms with E-state index in [9.17, 15) is 4.79 Å². The molecule has 1 fully saturated rings. The zero-order valence-electron chi connectivity index (χ0n) is 23.6. The molecule has 0 radical (unpaired) electrons. The van der Waals surface area contributed by atoms with E-state index in [1.54, 1.807) is 0 Å². The molecule has 4 heterocycles. The molecule has 1 aromatic heterocycles. The first-order valence-electron chi connectivity index (χ1n) is 14.4. The van der Waals surface area contributed by atoms with Gasteiger partial charge >= 0.3 is 0 Å². The van der Waals surface area contributed by atoms with Crippen molar-refractivity contribution in [2.45, 2.75) is 103 Å². The highest BCUT2D eigenvalue weighted by Gasteiger charge is 2.44. The van der Waals surface area contributed by atoms with Crippen LogP contribution >= 0.6 is 0 Å². The highest BCUT2D eigenvalue weighted by atomic mass is 16.1. The van der Waals surface area contributed by atoms with Crippen molar-refractivity contribution in [3.63, 3.8) is 0 Å². The number of nitrogens with one attached hydrogen (secondary N) is 2. The van der Waals surface area contributed by atoms with Crippen LogP contribution in [-0.4, -0.2) is 9.36 Å². The molecule has 3 aromatic rings. The monoisotopic (exact) mass is 514 g/mol. The van der Waals surface area contributed by atoms with E-state index in [-0.39, 0.29) is 11.1 Å². The first-order chi connectivity index (χ1) is 18.4. The summed E-state index contributed by atoms with van der Waals surface area (Å²) in [6.07, 6.45) is 8.55. The van der Waals surface area contributed by atoms with E-state index < -0.39 is 5.66 Å². The first kappa shape index (κ1) is 26.4. The lowest BCUT2D eigenvalue weighted by atomic mass is 9.79. The summed E-state index contributed by atoms with van der Waals surface area (Å²) in [4.78, 5) is 13.8. The highest BCUT2D eigenvalue weighted by molar-refractivity contribution is 5.69. The van der Waals surface area contributed by atoms with Crippen LogP contribution in [0, 0.1) is 0 Å². The molecule has 202 valence electrons. The van der Waals surface area contributed by atoms with Crippen molar-refractivity contribution in [1.82, 2.24) is 20.3 Å². The Hall–Kier alpha value is -3.19. The highest BCUT2D eigenvalue weighted by Crippen LogP contribution is 2.45. The lowest BCUT2D eigenvalue weighted by molar-refractivity contribution is 0.0566. The molecule has 0 spiro atoms. The zero-order chi connectivity index (χ0) is 26.9. The van der Waals surface area contributed by atoms with Gasteiger partial charge in [0.05, 0.1) is 11.6 Å². The minimum absolute atomic E-state index is 0.0325. The summed E-state index contributed by atoms with van der Waals surface area (Å²) in [6.45, 7) is 10.5. The maximum atomic E-state index is 13.8. The molecule has 1 unspecified atom stereocenters. The zero-order valence-corrected chi connectivity index (χ0v) is 23.6. The van der Waals surface area contributed by atoms with Crippen LogP contribution in [0.5, 0.6) is 0 Å². The maximum absolute atomic E-state index is 13.8. The molecular formula is C31H42N6O. The van der Waals surface area contributed by atoms with E-state index in [2.05, 4.69) is 87.0 Å². The molecule has 2 bridgehead atoms. The second-order valence-electron chi connectivity index (χ2n) is 11.1. The van der Waals surface area contributed by atoms with Gasteiger partial charge in [-0.3, -0.25) is 9.48 Å². The Bertz CT molecular complexity index is 1360. The van der Waals surface area contributed by atoms with Gasteiger partial charge in [0.1, 0.15) is 0 Å². The molecule has 7 nitrogen and oxygen atoms in total. The molecule has 0 saturated heterocycles. The summed E-state index contributed by atoms with van der Waals surface area (Å²) in [6, 6.07) is 17.5. The van der Waals surface area contributed by atoms with Crippen molar-refractivity contribution in [1.29, 1.82) is 0 Å². The summed E-state index contributed by atoms with van der Waals surface area (Å²) in [7, 11) is 0. The molecule has 2 aromatic carbocycles. The number of fused-ring (bicyclic) bond motifs is 2. The van der Waals surface area contributed by atoms with Gasteiger partial charge < -0.3 is 0 Å². The quantitative estimate of drug-likeness (QED) is 0.365. The lowest BCUT2D eigenvalue weighted by Gasteiger charge is -2.47. The molecule has 1 atom stereocenters. The number of aromatic nitrogens is 2. The molecule has 1 aliphatic carbocycles. The maximum Gasteiger partial charge on any atom is 0.270 e. The van der Waals surface area contributed by atoms with Gasteiger partial charge in [-0.25, -0.2) is 10.2 Å². The third-order valence-electron chi connectivity index (χ3n) is 8.64. The van der Waals surface area contributed by atoms with Crippen LogP contribution in [-0.2, 0) is 24.0 Å². The van der Waals surface area contributed by atoms with Crippen molar-refractivity contribution in [3.05, 3.63) is 81.3 Å². The van der Waals surface area contributed by atoms with E-state index in [4.69, 9.17) is 0 Å². The van der Waals surface area contributed by atoms with Crippen molar-refractivity contribution in [2.24, 2.45) is 10.3 Å². The van der Waals surface area contributed by atoms with Gasteiger partial charge in [-0.05, 0) is 69.1 Å². The Morgan fingerprint density at radius 1 is 1.03 bits per heavy atom. The predicted octanol–water partition coefficient (Wildman–Crippen LogP) is 6.77. The lowest BCUT2D eigenvalue weighted by Crippen LogP contribution is -2.50. The third kappa shape index (κ3) is 4.41. The Morgan fingerprint density at radius 2 is 1.74 bits per heavy atom. The summed E-state index contributed by atoms with van der Waals surface area (Å²) in [5.41, 5.74) is 12.3. The van der Waals surface area contributed by atoms with Gasteiger partial charge in [0.25, 0.3) is 5.56 Å². The molecule has 0 amide bonds. The number of rotatable bonds is 7. The van der Waals surface area contributed by atoms with Gasteiger partial charge in [0.2, 0.25) is 0 Å². The van der Waals surface area contributed by atoms with Crippen LogP contribution in [0.2, 0.25) is 0 Å². The minimum atomic E-state index is -0.612. The van der Waals surface area contributed by atoms with Crippen molar-refractivity contribution >= 4 is 0 Å². The van der Waals surface area contributed by atoms with Crippen LogP contribution in [0.3, 0.4) is 0 Å². The molecule has 7 rings (SSSR count). The fourth-order valence-electron chi connectivity index (χ4n) is 6.54. The summed E-state index contributed by atoms with van der Waals surface area (Å²) >= 11 is 0. The SMILES string of the molecule is CC.CCCCc1c(Cc2ccc(-c3ccccc3C3(C)N=NNN3)cc2)c(=O)n2n1C1CCC2(C)CC1. The fraction of sp³-hybridized carbons (Fsp3) is 0.516. The molecule has 1 saturated carbocycles. The Labute approximate surface area is 226 Å². The van der Waals surface area contributed by atoms with Gasteiger partial charge in [0.15, 0.2) is 5.66 Å². The van der Waals surface area contributed by atoms with Crippen LogP contribution in [0.15, 0.2) is 63.7 Å². The van der Waals surface area contributed by atoms with Gasteiger partial charge in [-0.1, -0.05) is 80.9 Å². The number of hydrogen-bond donors (Lipinski definition) is 2. The van der Waals surface area contributed by atoms with E-state index in [0.717, 1.165) is 54.4 Å². The smallest absolute Gasteiger partial charge is 0.270 e. The topological polar surface area (TPSA) is 75.7 Å². The van der Waals surface area contributed by atoms with Crippen molar-refractivity contribution in [2.75, 3.05) is 0 Å². The number of hydrazine groups is 1. The van der Waals surface area contributed by atoms with E-state index in [1.807, 2.05) is 26.8 Å². The Morgan fingerprint density at radius 3 is 2.39 bits per heavy atom. The molecule has 38 heavy (non-hydrogen) atoms. The standard InChI is InChI=1S/C29H36N6O.C2H6/c1-4-5-10-26-24(27(36)35-28(2)17-15-22(16-18-28)34(26)35)19-20-11-13-21(14-12-20)23-8-6-7-9-25(23)29(3)30-32-33-31-29;1-2/h6-9,11-14,22H,4-5,10,15-19H2,1-3H3,(H,30,33)(H,31,32);1-2H3.